The summed E-state index contributed by atoms with van der Waals surface area (Å²) in [6.45, 7) is 0. The second-order valence-electron chi connectivity index (χ2n) is 1.53. The van der Waals surface area contributed by atoms with Gasteiger partial charge < -0.3 is 36.2 Å². The van der Waals surface area contributed by atoms with E-state index in [1.165, 1.54) is 0 Å². The molecule has 0 fully saturated rings. The van der Waals surface area contributed by atoms with Crippen LogP contribution in [0.15, 0.2) is 0 Å². The minimum atomic E-state index is -2.44. The van der Waals surface area contributed by atoms with Crippen molar-refractivity contribution < 1.29 is 30.0 Å². The van der Waals surface area contributed by atoms with E-state index < -0.39 is 24.1 Å². The Bertz CT molecular complexity index is 144. The molecule has 0 saturated heterocycles. The number of carboxylic acids is 2. The Labute approximate surface area is 86.7 Å². The molecule has 0 aliphatic rings. The van der Waals surface area contributed by atoms with Crippen LogP contribution in [0.2, 0.25) is 0 Å². The Morgan fingerprint density at radius 1 is 1.00 bits per heavy atom. The van der Waals surface area contributed by atoms with Gasteiger partial charge in [0.15, 0.2) is 0 Å². The molecule has 2 atom stereocenters. The van der Waals surface area contributed by atoms with Gasteiger partial charge in [0.1, 0.15) is 12.2 Å². The Morgan fingerprint density at radius 3 is 1.25 bits per heavy atom. The van der Waals surface area contributed by atoms with Crippen LogP contribution in [0.1, 0.15) is 0 Å². The Hall–Kier alpha value is -0.297. The van der Waals surface area contributed by atoms with E-state index in [0.717, 1.165) is 0 Å². The molecule has 0 aromatic rings. The summed E-state index contributed by atoms with van der Waals surface area (Å²) >= 11 is 0. The van der Waals surface area contributed by atoms with Crippen LogP contribution in [0.3, 0.4) is 0 Å². The zero-order valence-electron chi connectivity index (χ0n) is 6.13. The number of aliphatic hydroxyl groups is 2. The molecular weight excluding hydrogens is 367 g/mol. The molecule has 0 saturated carbocycles. The number of hydrogen-bond donors (Lipinski definition) is 3. The molecule has 12 heavy (non-hydrogen) atoms. The van der Waals surface area contributed by atoms with Gasteiger partial charge in [-0.3, -0.25) is 0 Å². The third-order valence-electron chi connectivity index (χ3n) is 0.782. The first-order valence-corrected chi connectivity index (χ1v) is 2.24. The summed E-state index contributed by atoms with van der Waals surface area (Å²) in [7, 11) is 0. The van der Waals surface area contributed by atoms with Gasteiger partial charge in [0.05, 0.1) is 11.9 Å². The quantitative estimate of drug-likeness (QED) is 0.420. The predicted molar refractivity (Wildman–Crippen MR) is 33.8 cm³/mol. The number of aliphatic hydroxyl groups excluding tert-OH is 2. The van der Waals surface area contributed by atoms with Crippen molar-refractivity contribution in [3.63, 3.8) is 0 Å². The largest absolute Gasteiger partial charge is 3.00 e. The molecule has 0 heterocycles. The van der Waals surface area contributed by atoms with Gasteiger partial charge in [-0.05, 0) is 0 Å². The topological polar surface area (TPSA) is 157 Å². The molecule has 0 aliphatic carbocycles. The monoisotopic (exact) mass is 375 g/mol. The SMILES string of the molecule is O=C([O-])C(O)C(O)C(=O)[O-].[Bi+3].[NH4+]. The van der Waals surface area contributed by atoms with E-state index in [4.69, 9.17) is 10.2 Å². The van der Waals surface area contributed by atoms with Crippen molar-refractivity contribution in [3.8, 4) is 0 Å². The first-order valence-electron chi connectivity index (χ1n) is 2.24. The van der Waals surface area contributed by atoms with Crippen molar-refractivity contribution in [2.45, 2.75) is 12.2 Å². The standard InChI is InChI=1S/C4H6O6.Bi.H3N/c5-1(3(7)8)2(6)4(9)10;;/h1-2,5-6H,(H,7,8)(H,9,10);;1H3/q;+3;/p-1. The van der Waals surface area contributed by atoms with Crippen LogP contribution >= 0.6 is 0 Å². The Morgan fingerprint density at radius 2 is 1.17 bits per heavy atom. The number of rotatable bonds is 3. The van der Waals surface area contributed by atoms with Crippen molar-refractivity contribution in [2.75, 3.05) is 0 Å². The molecule has 2 unspecified atom stereocenters. The molecular formula is C4H8BiNO6+2. The maximum absolute atomic E-state index is 9.63. The van der Waals surface area contributed by atoms with Crippen LogP contribution in [0, 0.1) is 0 Å². The van der Waals surface area contributed by atoms with Gasteiger partial charge in [0.2, 0.25) is 0 Å². The van der Waals surface area contributed by atoms with Gasteiger partial charge in [-0.2, -0.15) is 0 Å². The third-order valence-corrected chi connectivity index (χ3v) is 0.782. The van der Waals surface area contributed by atoms with Gasteiger partial charge in [0, 0.05) is 0 Å². The summed E-state index contributed by atoms with van der Waals surface area (Å²) in [6.07, 6.45) is -4.88. The van der Waals surface area contributed by atoms with E-state index in [1.807, 2.05) is 0 Å². The van der Waals surface area contributed by atoms with Crippen molar-refractivity contribution in [3.05, 3.63) is 0 Å². The maximum Gasteiger partial charge on any atom is 3.00 e. The molecule has 7 nitrogen and oxygen atoms in total. The Balaban J connectivity index is -0.000000405. The van der Waals surface area contributed by atoms with Crippen LogP contribution in [-0.2, 0) is 9.59 Å². The number of quaternary nitrogens is 1. The van der Waals surface area contributed by atoms with E-state index in [1.54, 1.807) is 0 Å². The summed E-state index contributed by atoms with van der Waals surface area (Å²) in [5.74, 6) is -4.12. The fourth-order valence-electron chi connectivity index (χ4n) is 0.258. The van der Waals surface area contributed by atoms with E-state index in [0.29, 0.717) is 0 Å². The molecule has 0 rings (SSSR count). The van der Waals surface area contributed by atoms with Gasteiger partial charge >= 0.3 is 26.2 Å². The zero-order valence-corrected chi connectivity index (χ0v) is 9.61. The summed E-state index contributed by atoms with van der Waals surface area (Å²) in [4.78, 5) is 19.3. The first kappa shape index (κ1) is 17.7. The van der Waals surface area contributed by atoms with Crippen molar-refractivity contribution in [1.82, 2.24) is 6.15 Å². The minimum Gasteiger partial charge on any atom is -0.547 e. The summed E-state index contributed by atoms with van der Waals surface area (Å²) < 4.78 is 0. The molecule has 0 aromatic heterocycles. The Kier molecular flexibility index (Phi) is 10.9. The smallest absolute Gasteiger partial charge is 0.547 e. The van der Waals surface area contributed by atoms with Crippen LogP contribution < -0.4 is 16.4 Å². The predicted octanol–water partition coefficient (Wildman–Crippen LogP) is -4.80. The van der Waals surface area contributed by atoms with Gasteiger partial charge in [0.25, 0.3) is 0 Å². The maximum atomic E-state index is 9.63. The van der Waals surface area contributed by atoms with Gasteiger partial charge in [-0.15, -0.1) is 0 Å². The molecule has 0 spiro atoms. The van der Waals surface area contributed by atoms with Crippen molar-refractivity contribution in [1.29, 1.82) is 0 Å². The van der Waals surface area contributed by atoms with Gasteiger partial charge in [-0.25, -0.2) is 0 Å². The third kappa shape index (κ3) is 5.37. The molecule has 0 aliphatic heterocycles. The number of carbonyl (C=O) groups is 2. The average molecular weight is 375 g/mol. The van der Waals surface area contributed by atoms with Crippen LogP contribution in [0.4, 0.5) is 0 Å². The minimum absolute atomic E-state index is 0. The van der Waals surface area contributed by atoms with Crippen LogP contribution in [0.5, 0.6) is 0 Å². The van der Waals surface area contributed by atoms with E-state index in [-0.39, 0.29) is 32.4 Å². The molecule has 2 radical (unpaired) electrons. The van der Waals surface area contributed by atoms with E-state index in [2.05, 4.69) is 0 Å². The molecule has 0 bridgehead atoms. The van der Waals surface area contributed by atoms with Crippen molar-refractivity contribution >= 4 is 38.1 Å². The van der Waals surface area contributed by atoms with Crippen molar-refractivity contribution in [2.24, 2.45) is 0 Å². The molecule has 6 N–H and O–H groups in total. The molecule has 68 valence electrons. The molecule has 8 heteroatoms. The molecule has 0 amide bonds. The summed E-state index contributed by atoms with van der Waals surface area (Å²) in [6, 6.07) is 0. The summed E-state index contributed by atoms with van der Waals surface area (Å²) in [5, 5.41) is 35.7. The fourth-order valence-corrected chi connectivity index (χ4v) is 0.258. The van der Waals surface area contributed by atoms with Gasteiger partial charge in [-0.1, -0.05) is 0 Å². The normalized spacial score (nSPS) is 13.2. The first-order chi connectivity index (χ1) is 4.46. The molecule has 0 aromatic carbocycles. The summed E-state index contributed by atoms with van der Waals surface area (Å²) in [5.41, 5.74) is 0. The number of aliphatic carboxylic acids is 2. The fraction of sp³-hybridized carbons (Fsp3) is 0.500. The zero-order chi connectivity index (χ0) is 8.31. The van der Waals surface area contributed by atoms with E-state index >= 15 is 0 Å². The second kappa shape index (κ2) is 7.36. The van der Waals surface area contributed by atoms with Crippen LogP contribution in [0.25, 0.3) is 0 Å². The second-order valence-corrected chi connectivity index (χ2v) is 1.53. The van der Waals surface area contributed by atoms with E-state index in [9.17, 15) is 19.8 Å². The van der Waals surface area contributed by atoms with Crippen LogP contribution in [-0.4, -0.2) is 60.6 Å². The number of carbonyl (C=O) groups excluding carboxylic acids is 2. The average Bonchev–Trinajstić information content (AvgIpc) is 1.84. The number of carboxylic acid groups (broad SMARTS) is 2. The number of hydrogen-bond acceptors (Lipinski definition) is 6.